The van der Waals surface area contributed by atoms with Gasteiger partial charge in [0, 0.05) is 29.7 Å². The van der Waals surface area contributed by atoms with E-state index in [1.807, 2.05) is 13.8 Å². The van der Waals surface area contributed by atoms with Crippen molar-refractivity contribution in [2.24, 2.45) is 0 Å². The first-order valence-electron chi connectivity index (χ1n) is 5.49. The number of nitro benzene ring substituents is 1. The summed E-state index contributed by atoms with van der Waals surface area (Å²) in [6, 6.07) is 3.99. The van der Waals surface area contributed by atoms with Crippen LogP contribution in [0, 0.1) is 10.1 Å². The van der Waals surface area contributed by atoms with Crippen LogP contribution in [0.4, 0.5) is 16.2 Å². The molecule has 0 heterocycles. The van der Waals surface area contributed by atoms with Gasteiger partial charge < -0.3 is 10.2 Å². The van der Waals surface area contributed by atoms with Crippen molar-refractivity contribution in [2.75, 3.05) is 18.4 Å². The molecule has 0 saturated heterocycles. The van der Waals surface area contributed by atoms with Crippen molar-refractivity contribution in [1.29, 1.82) is 0 Å². The monoisotopic (exact) mass is 315 g/mol. The molecule has 0 aliphatic rings. The van der Waals surface area contributed by atoms with E-state index < -0.39 is 4.92 Å². The molecule has 0 radical (unpaired) electrons. The molecule has 0 saturated carbocycles. The molecule has 98 valence electrons. The average Bonchev–Trinajstić information content (AvgIpc) is 2.33. The summed E-state index contributed by atoms with van der Waals surface area (Å²) < 4.78 is 0.484. The van der Waals surface area contributed by atoms with E-state index in [9.17, 15) is 14.9 Å². The fraction of sp³-hybridized carbons (Fsp3) is 0.364. The van der Waals surface area contributed by atoms with Gasteiger partial charge in [-0.2, -0.15) is 0 Å². The van der Waals surface area contributed by atoms with E-state index in [0.717, 1.165) is 0 Å². The van der Waals surface area contributed by atoms with Crippen LogP contribution in [-0.4, -0.2) is 28.9 Å². The zero-order valence-corrected chi connectivity index (χ0v) is 11.7. The van der Waals surface area contributed by atoms with E-state index >= 15 is 0 Å². The zero-order chi connectivity index (χ0) is 13.7. The van der Waals surface area contributed by atoms with Crippen LogP contribution in [0.25, 0.3) is 0 Å². The van der Waals surface area contributed by atoms with Crippen molar-refractivity contribution >= 4 is 33.3 Å². The van der Waals surface area contributed by atoms with E-state index in [1.165, 1.54) is 18.2 Å². The van der Waals surface area contributed by atoms with E-state index in [4.69, 9.17) is 0 Å². The van der Waals surface area contributed by atoms with Gasteiger partial charge in [-0.05, 0) is 35.8 Å². The predicted molar refractivity (Wildman–Crippen MR) is 72.7 cm³/mol. The van der Waals surface area contributed by atoms with Gasteiger partial charge in [0.2, 0.25) is 0 Å². The number of non-ortho nitro benzene ring substituents is 1. The molecule has 1 aromatic carbocycles. The molecule has 1 aromatic rings. The molecule has 0 spiro atoms. The lowest BCUT2D eigenvalue weighted by Crippen LogP contribution is -2.34. The van der Waals surface area contributed by atoms with Crippen LogP contribution in [0.2, 0.25) is 0 Å². The summed E-state index contributed by atoms with van der Waals surface area (Å²) in [7, 11) is 0. The maximum atomic E-state index is 11.8. The van der Waals surface area contributed by atoms with Crippen LogP contribution in [0.3, 0.4) is 0 Å². The number of nitrogens with zero attached hydrogens (tertiary/aromatic N) is 2. The number of rotatable bonds is 4. The Morgan fingerprint density at radius 3 is 2.50 bits per heavy atom. The quantitative estimate of drug-likeness (QED) is 0.684. The van der Waals surface area contributed by atoms with Gasteiger partial charge in [-0.3, -0.25) is 10.1 Å². The third-order valence-electron chi connectivity index (χ3n) is 2.46. The molecule has 0 unspecified atom stereocenters. The molecule has 1 rings (SSSR count). The highest BCUT2D eigenvalue weighted by molar-refractivity contribution is 9.10. The number of urea groups is 1. The maximum Gasteiger partial charge on any atom is 0.321 e. The fourth-order valence-electron chi connectivity index (χ4n) is 1.42. The highest BCUT2D eigenvalue weighted by Crippen LogP contribution is 2.27. The Hall–Kier alpha value is -1.63. The smallest absolute Gasteiger partial charge is 0.321 e. The molecule has 0 bridgehead atoms. The Balaban J connectivity index is 2.86. The SMILES string of the molecule is CCN(CC)C(=O)Nc1ccc([N+](=O)[O-])cc1Br. The number of carbonyl (C=O) groups excluding carboxylic acids is 1. The molecule has 0 aliphatic heterocycles. The van der Waals surface area contributed by atoms with Crippen LogP contribution < -0.4 is 5.32 Å². The number of amides is 2. The van der Waals surface area contributed by atoms with E-state index in [2.05, 4.69) is 21.2 Å². The Labute approximate surface area is 113 Å². The van der Waals surface area contributed by atoms with Crippen molar-refractivity contribution in [3.63, 3.8) is 0 Å². The number of carbonyl (C=O) groups is 1. The summed E-state index contributed by atoms with van der Waals surface area (Å²) in [5.41, 5.74) is 0.486. The summed E-state index contributed by atoms with van der Waals surface area (Å²) in [6.07, 6.45) is 0. The summed E-state index contributed by atoms with van der Waals surface area (Å²) in [4.78, 5) is 23.5. The summed E-state index contributed by atoms with van der Waals surface area (Å²) >= 11 is 3.20. The Kier molecular flexibility index (Phi) is 5.08. The summed E-state index contributed by atoms with van der Waals surface area (Å²) in [5, 5.41) is 13.3. The van der Waals surface area contributed by atoms with Gasteiger partial charge in [-0.25, -0.2) is 4.79 Å². The van der Waals surface area contributed by atoms with E-state index in [1.54, 1.807) is 4.90 Å². The Bertz CT molecular complexity index is 461. The average molecular weight is 316 g/mol. The first kappa shape index (κ1) is 14.4. The Morgan fingerprint density at radius 1 is 1.44 bits per heavy atom. The van der Waals surface area contributed by atoms with Gasteiger partial charge in [-0.1, -0.05) is 0 Å². The molecule has 7 heteroatoms. The number of nitrogens with one attached hydrogen (secondary N) is 1. The first-order valence-corrected chi connectivity index (χ1v) is 6.28. The molecular weight excluding hydrogens is 302 g/mol. The van der Waals surface area contributed by atoms with Crippen LogP contribution in [0.15, 0.2) is 22.7 Å². The second-order valence-corrected chi connectivity index (χ2v) is 4.38. The highest BCUT2D eigenvalue weighted by Gasteiger charge is 2.13. The lowest BCUT2D eigenvalue weighted by molar-refractivity contribution is -0.384. The molecule has 6 nitrogen and oxygen atoms in total. The third kappa shape index (κ3) is 3.43. The minimum absolute atomic E-state index is 0.0253. The van der Waals surface area contributed by atoms with Crippen molar-refractivity contribution in [3.8, 4) is 0 Å². The molecule has 0 aliphatic carbocycles. The molecule has 18 heavy (non-hydrogen) atoms. The van der Waals surface area contributed by atoms with Gasteiger partial charge in [0.25, 0.3) is 5.69 Å². The zero-order valence-electron chi connectivity index (χ0n) is 10.1. The van der Waals surface area contributed by atoms with Crippen molar-refractivity contribution in [3.05, 3.63) is 32.8 Å². The molecule has 0 atom stereocenters. The number of benzene rings is 1. The summed E-state index contributed by atoms with van der Waals surface area (Å²) in [5.74, 6) is 0. The lowest BCUT2D eigenvalue weighted by Gasteiger charge is -2.19. The predicted octanol–water partition coefficient (Wildman–Crippen LogP) is 3.23. The fourth-order valence-corrected chi connectivity index (χ4v) is 1.89. The van der Waals surface area contributed by atoms with Crippen molar-refractivity contribution in [2.45, 2.75) is 13.8 Å². The van der Waals surface area contributed by atoms with Crippen molar-refractivity contribution < 1.29 is 9.72 Å². The van der Waals surface area contributed by atoms with Gasteiger partial charge in [0.15, 0.2) is 0 Å². The normalized spacial score (nSPS) is 9.94. The van der Waals surface area contributed by atoms with Crippen LogP contribution in [-0.2, 0) is 0 Å². The van der Waals surface area contributed by atoms with Gasteiger partial charge in [0.1, 0.15) is 0 Å². The second-order valence-electron chi connectivity index (χ2n) is 3.52. The molecule has 0 fully saturated rings. The minimum atomic E-state index is -0.485. The number of hydrogen-bond acceptors (Lipinski definition) is 3. The van der Waals surface area contributed by atoms with Gasteiger partial charge in [-0.15, -0.1) is 0 Å². The second kappa shape index (κ2) is 6.34. The van der Waals surface area contributed by atoms with Gasteiger partial charge in [0.05, 0.1) is 10.6 Å². The minimum Gasteiger partial charge on any atom is -0.325 e. The standard InChI is InChI=1S/C11H14BrN3O3/c1-3-14(4-2)11(16)13-10-6-5-8(15(17)18)7-9(10)12/h5-7H,3-4H2,1-2H3,(H,13,16). The number of hydrogen-bond donors (Lipinski definition) is 1. The van der Waals surface area contributed by atoms with Crippen molar-refractivity contribution in [1.82, 2.24) is 4.90 Å². The number of halogens is 1. The van der Waals surface area contributed by atoms with E-state index in [0.29, 0.717) is 23.2 Å². The molecule has 0 aromatic heterocycles. The van der Waals surface area contributed by atoms with Crippen LogP contribution in [0.1, 0.15) is 13.8 Å². The molecular formula is C11H14BrN3O3. The topological polar surface area (TPSA) is 75.5 Å². The van der Waals surface area contributed by atoms with Crippen LogP contribution >= 0.6 is 15.9 Å². The largest absolute Gasteiger partial charge is 0.325 e. The summed E-state index contributed by atoms with van der Waals surface area (Å²) in [6.45, 7) is 4.97. The Morgan fingerprint density at radius 2 is 2.06 bits per heavy atom. The lowest BCUT2D eigenvalue weighted by atomic mass is 10.3. The van der Waals surface area contributed by atoms with Crippen LogP contribution in [0.5, 0.6) is 0 Å². The third-order valence-corrected chi connectivity index (χ3v) is 3.11. The van der Waals surface area contributed by atoms with Gasteiger partial charge >= 0.3 is 6.03 Å². The number of nitro groups is 1. The first-order chi connectivity index (χ1) is 8.49. The number of anilines is 1. The molecule has 1 N–H and O–H groups in total. The van der Waals surface area contributed by atoms with E-state index in [-0.39, 0.29) is 11.7 Å². The highest BCUT2D eigenvalue weighted by atomic mass is 79.9. The molecule has 2 amide bonds. The maximum absolute atomic E-state index is 11.8.